The van der Waals surface area contributed by atoms with Crippen molar-refractivity contribution < 1.29 is 14.3 Å². The summed E-state index contributed by atoms with van der Waals surface area (Å²) in [5, 5.41) is 2.02. The highest BCUT2D eigenvalue weighted by atomic mass is 16.6. The van der Waals surface area contributed by atoms with Crippen LogP contribution in [0, 0.1) is 0 Å². The molecule has 0 spiro atoms. The molecule has 1 aliphatic rings. The monoisotopic (exact) mass is 159 g/mol. The van der Waals surface area contributed by atoms with E-state index in [9.17, 15) is 9.59 Å². The molecule has 1 rings (SSSR count). The van der Waals surface area contributed by atoms with Crippen LogP contribution in [0.3, 0.4) is 0 Å². The van der Waals surface area contributed by atoms with Gasteiger partial charge in [-0.3, -0.25) is 10.1 Å². The predicted molar refractivity (Wildman–Crippen MR) is 40.1 cm³/mol. The van der Waals surface area contributed by atoms with E-state index < -0.39 is 12.2 Å². The maximum Gasteiger partial charge on any atom is 0.414 e. The van der Waals surface area contributed by atoms with Crippen molar-refractivity contribution in [2.45, 2.75) is 33.3 Å². The first-order valence-corrected chi connectivity index (χ1v) is 3.75. The Labute approximate surface area is 65.9 Å². The Bertz CT molecular complexity index is 156. The molecular formula is C7H13NO3. The third kappa shape index (κ3) is 2.57. The molecule has 1 aliphatic heterocycles. The molecule has 1 unspecified atom stereocenters. The number of nitrogens with one attached hydrogen (secondary N) is 1. The molecule has 0 aromatic carbocycles. The van der Waals surface area contributed by atoms with E-state index in [1.165, 1.54) is 0 Å². The van der Waals surface area contributed by atoms with Crippen molar-refractivity contribution in [3.8, 4) is 0 Å². The van der Waals surface area contributed by atoms with E-state index in [0.717, 1.165) is 0 Å². The number of ether oxygens (including phenoxy) is 1. The highest BCUT2D eigenvalue weighted by Gasteiger charge is 2.29. The predicted octanol–water partition coefficient (Wildman–Crippen LogP) is 1.06. The Kier molecular flexibility index (Phi) is 4.26. The van der Waals surface area contributed by atoms with Gasteiger partial charge in [-0.15, -0.1) is 0 Å². The van der Waals surface area contributed by atoms with Crippen LogP contribution < -0.4 is 5.32 Å². The molecule has 0 aromatic heterocycles. The van der Waals surface area contributed by atoms with Crippen LogP contribution in [0.2, 0.25) is 0 Å². The molecule has 64 valence electrons. The summed E-state index contributed by atoms with van der Waals surface area (Å²) in [4.78, 5) is 20.8. The average molecular weight is 159 g/mol. The fourth-order valence-electron chi connectivity index (χ4n) is 0.662. The molecular weight excluding hydrogens is 146 g/mol. The van der Waals surface area contributed by atoms with Gasteiger partial charge in [-0.05, 0) is 6.42 Å². The summed E-state index contributed by atoms with van der Waals surface area (Å²) in [6.07, 6.45) is -0.651. The highest BCUT2D eigenvalue weighted by molar-refractivity contribution is 5.99. The maximum atomic E-state index is 10.6. The zero-order valence-electron chi connectivity index (χ0n) is 7.01. The van der Waals surface area contributed by atoms with Gasteiger partial charge in [0.15, 0.2) is 6.10 Å². The lowest BCUT2D eigenvalue weighted by atomic mass is 10.3. The molecule has 4 heteroatoms. The van der Waals surface area contributed by atoms with Gasteiger partial charge in [0, 0.05) is 0 Å². The second-order valence-corrected chi connectivity index (χ2v) is 1.79. The van der Waals surface area contributed by atoms with Crippen molar-refractivity contribution in [3.63, 3.8) is 0 Å². The smallest absolute Gasteiger partial charge is 0.414 e. The number of cyclic esters (lactones) is 1. The second kappa shape index (κ2) is 4.71. The molecule has 11 heavy (non-hydrogen) atoms. The van der Waals surface area contributed by atoms with Crippen LogP contribution in [-0.2, 0) is 9.53 Å². The van der Waals surface area contributed by atoms with Gasteiger partial charge in [0.2, 0.25) is 0 Å². The van der Waals surface area contributed by atoms with Gasteiger partial charge in [-0.2, -0.15) is 0 Å². The van der Waals surface area contributed by atoms with E-state index in [-0.39, 0.29) is 5.91 Å². The largest absolute Gasteiger partial charge is 0.436 e. The van der Waals surface area contributed by atoms with Gasteiger partial charge in [-0.25, -0.2) is 4.79 Å². The minimum absolute atomic E-state index is 0.331. The van der Waals surface area contributed by atoms with E-state index in [4.69, 9.17) is 0 Å². The fraction of sp³-hybridized carbons (Fsp3) is 0.714. The molecule has 1 saturated heterocycles. The van der Waals surface area contributed by atoms with Crippen molar-refractivity contribution in [1.82, 2.24) is 5.32 Å². The molecule has 0 aromatic rings. The number of hydrogen-bond donors (Lipinski definition) is 1. The Morgan fingerprint density at radius 3 is 2.18 bits per heavy atom. The molecule has 1 fully saturated rings. The lowest BCUT2D eigenvalue weighted by Gasteiger charge is -1.97. The molecule has 1 N–H and O–H groups in total. The van der Waals surface area contributed by atoms with Crippen LogP contribution in [0.4, 0.5) is 4.79 Å². The second-order valence-electron chi connectivity index (χ2n) is 1.79. The SMILES string of the molecule is CC.CCC1OC(=O)NC1=O. The zero-order chi connectivity index (χ0) is 8.85. The Hall–Kier alpha value is -1.06. The number of hydrogen-bond acceptors (Lipinski definition) is 3. The molecule has 1 heterocycles. The zero-order valence-corrected chi connectivity index (χ0v) is 7.01. The van der Waals surface area contributed by atoms with Crippen LogP contribution in [0.15, 0.2) is 0 Å². The van der Waals surface area contributed by atoms with Crippen molar-refractivity contribution in [1.29, 1.82) is 0 Å². The standard InChI is InChI=1S/C5H7NO3.C2H6/c1-2-3-4(7)6-5(8)9-3;1-2/h3H,2H2,1H3,(H,6,7,8);1-2H3. The maximum absolute atomic E-state index is 10.6. The summed E-state index contributed by atoms with van der Waals surface area (Å²) in [5.74, 6) is -0.331. The minimum atomic E-state index is -0.633. The van der Waals surface area contributed by atoms with E-state index in [0.29, 0.717) is 6.42 Å². The number of imide groups is 1. The summed E-state index contributed by atoms with van der Waals surface area (Å²) in [6, 6.07) is 0. The van der Waals surface area contributed by atoms with Gasteiger partial charge in [0.05, 0.1) is 0 Å². The van der Waals surface area contributed by atoms with Crippen LogP contribution in [0.5, 0.6) is 0 Å². The van der Waals surface area contributed by atoms with Crippen LogP contribution in [0.25, 0.3) is 0 Å². The summed E-state index contributed by atoms with van der Waals surface area (Å²) >= 11 is 0. The number of carbonyl (C=O) groups excluding carboxylic acids is 2. The van der Waals surface area contributed by atoms with Gasteiger partial charge in [0.1, 0.15) is 0 Å². The van der Waals surface area contributed by atoms with Crippen LogP contribution in [0.1, 0.15) is 27.2 Å². The molecule has 1 atom stereocenters. The first-order valence-electron chi connectivity index (χ1n) is 3.75. The Morgan fingerprint density at radius 1 is 1.45 bits per heavy atom. The number of alkyl carbamates (subject to hydrolysis) is 1. The van der Waals surface area contributed by atoms with E-state index in [1.54, 1.807) is 6.92 Å². The van der Waals surface area contributed by atoms with E-state index >= 15 is 0 Å². The number of amides is 2. The highest BCUT2D eigenvalue weighted by Crippen LogP contribution is 2.04. The van der Waals surface area contributed by atoms with Crippen molar-refractivity contribution in [2.24, 2.45) is 0 Å². The first-order chi connectivity index (χ1) is 5.24. The number of rotatable bonds is 1. The Balaban J connectivity index is 0.000000461. The fourth-order valence-corrected chi connectivity index (χ4v) is 0.662. The lowest BCUT2D eigenvalue weighted by molar-refractivity contribution is -0.123. The van der Waals surface area contributed by atoms with Gasteiger partial charge < -0.3 is 4.74 Å². The van der Waals surface area contributed by atoms with E-state index in [2.05, 4.69) is 4.74 Å². The number of carbonyl (C=O) groups is 2. The van der Waals surface area contributed by atoms with Crippen molar-refractivity contribution in [2.75, 3.05) is 0 Å². The van der Waals surface area contributed by atoms with Gasteiger partial charge in [0.25, 0.3) is 5.91 Å². The summed E-state index contributed by atoms with van der Waals surface area (Å²) in [7, 11) is 0. The molecule has 4 nitrogen and oxygen atoms in total. The molecule has 0 aliphatic carbocycles. The molecule has 0 saturated carbocycles. The third-order valence-corrected chi connectivity index (χ3v) is 1.14. The summed E-state index contributed by atoms with van der Waals surface area (Å²) < 4.78 is 4.52. The topological polar surface area (TPSA) is 55.4 Å². The minimum Gasteiger partial charge on any atom is -0.436 e. The Morgan fingerprint density at radius 2 is 2.00 bits per heavy atom. The average Bonchev–Trinajstić information content (AvgIpc) is 2.33. The van der Waals surface area contributed by atoms with Crippen LogP contribution >= 0.6 is 0 Å². The van der Waals surface area contributed by atoms with Gasteiger partial charge >= 0.3 is 6.09 Å². The lowest BCUT2D eigenvalue weighted by Crippen LogP contribution is -2.23. The van der Waals surface area contributed by atoms with Gasteiger partial charge in [-0.1, -0.05) is 20.8 Å². The summed E-state index contributed by atoms with van der Waals surface area (Å²) in [5.41, 5.74) is 0. The van der Waals surface area contributed by atoms with Crippen LogP contribution in [-0.4, -0.2) is 18.1 Å². The quantitative estimate of drug-likeness (QED) is 0.622. The first kappa shape index (κ1) is 9.94. The van der Waals surface area contributed by atoms with Crippen molar-refractivity contribution in [3.05, 3.63) is 0 Å². The van der Waals surface area contributed by atoms with E-state index in [1.807, 2.05) is 19.2 Å². The molecule has 0 radical (unpaired) electrons. The molecule has 0 bridgehead atoms. The normalized spacial score (nSPS) is 21.5. The molecule has 2 amide bonds. The summed E-state index contributed by atoms with van der Waals surface area (Å²) in [6.45, 7) is 5.78. The third-order valence-electron chi connectivity index (χ3n) is 1.14. The van der Waals surface area contributed by atoms with Crippen molar-refractivity contribution >= 4 is 12.0 Å².